The third kappa shape index (κ3) is 4.75. The Morgan fingerprint density at radius 3 is 2.34 bits per heavy atom. The topological polar surface area (TPSA) is 60.9 Å². The van der Waals surface area contributed by atoms with Crippen LogP contribution >= 0.6 is 11.3 Å². The summed E-state index contributed by atoms with van der Waals surface area (Å²) < 4.78 is 28.4. The fraction of sp³-hybridized carbons (Fsp3) is 0.370. The van der Waals surface area contributed by atoms with Crippen LogP contribution < -0.4 is 4.90 Å². The van der Waals surface area contributed by atoms with Crippen molar-refractivity contribution in [1.82, 2.24) is 9.21 Å². The molecule has 1 aromatic heterocycles. The van der Waals surface area contributed by atoms with Crippen molar-refractivity contribution in [3.8, 4) is 0 Å². The van der Waals surface area contributed by atoms with E-state index < -0.39 is 10.0 Å². The summed E-state index contributed by atoms with van der Waals surface area (Å²) in [7, 11) is -3.61. The lowest BCUT2D eigenvalue weighted by Crippen LogP contribution is -2.51. The van der Waals surface area contributed by atoms with E-state index in [1.54, 1.807) is 17.5 Å². The molecule has 0 radical (unpaired) electrons. The van der Waals surface area contributed by atoms with Gasteiger partial charge in [-0.25, -0.2) is 8.42 Å². The number of nitrogens with zero attached hydrogens (tertiary/aromatic N) is 3. The lowest BCUT2D eigenvalue weighted by Gasteiger charge is -2.38. The van der Waals surface area contributed by atoms with Crippen molar-refractivity contribution in [2.45, 2.75) is 24.0 Å². The highest BCUT2D eigenvalue weighted by Crippen LogP contribution is 2.38. The van der Waals surface area contributed by atoms with Gasteiger partial charge in [0, 0.05) is 50.9 Å². The summed E-state index contributed by atoms with van der Waals surface area (Å²) in [6, 6.07) is 19.7. The number of piperazine rings is 1. The number of amides is 1. The second-order valence-corrected chi connectivity index (χ2v) is 12.6. The zero-order valence-electron chi connectivity index (χ0n) is 20.1. The number of aryl methyl sites for hydroxylation is 2. The Balaban J connectivity index is 1.35. The van der Waals surface area contributed by atoms with Crippen molar-refractivity contribution in [2.75, 3.05) is 44.2 Å². The molecule has 8 heteroatoms. The lowest BCUT2D eigenvalue weighted by molar-refractivity contribution is -0.135. The molecule has 1 amide bonds. The van der Waals surface area contributed by atoms with Crippen molar-refractivity contribution in [3.05, 3.63) is 82.7 Å². The molecule has 0 saturated carbocycles. The Morgan fingerprint density at radius 2 is 1.66 bits per heavy atom. The third-order valence-electron chi connectivity index (χ3n) is 7.22. The maximum absolute atomic E-state index is 13.8. The minimum absolute atomic E-state index is 0.0587. The second kappa shape index (κ2) is 9.76. The molecule has 0 bridgehead atoms. The summed E-state index contributed by atoms with van der Waals surface area (Å²) in [4.78, 5) is 18.1. The molecule has 2 aromatic carbocycles. The van der Waals surface area contributed by atoms with Gasteiger partial charge >= 0.3 is 0 Å². The van der Waals surface area contributed by atoms with Gasteiger partial charge in [-0.3, -0.25) is 4.79 Å². The Labute approximate surface area is 211 Å². The molecule has 3 aromatic rings. The molecule has 2 fully saturated rings. The zero-order valence-corrected chi connectivity index (χ0v) is 21.8. The van der Waals surface area contributed by atoms with Crippen molar-refractivity contribution < 1.29 is 13.2 Å². The van der Waals surface area contributed by atoms with E-state index in [9.17, 15) is 13.2 Å². The monoisotopic (exact) mass is 509 g/mol. The Kier molecular flexibility index (Phi) is 6.70. The number of rotatable bonds is 5. The van der Waals surface area contributed by atoms with Gasteiger partial charge in [0.1, 0.15) is 4.21 Å². The molecule has 3 heterocycles. The van der Waals surface area contributed by atoms with Crippen LogP contribution in [0, 0.1) is 19.8 Å². The molecule has 5 rings (SSSR count). The van der Waals surface area contributed by atoms with Crippen LogP contribution in [0.3, 0.4) is 0 Å². The van der Waals surface area contributed by atoms with Crippen LogP contribution in [0.4, 0.5) is 5.69 Å². The summed E-state index contributed by atoms with van der Waals surface area (Å²) in [5.74, 6) is -0.488. The van der Waals surface area contributed by atoms with E-state index in [-0.39, 0.29) is 24.3 Å². The van der Waals surface area contributed by atoms with E-state index in [0.29, 0.717) is 23.8 Å². The van der Waals surface area contributed by atoms with E-state index in [2.05, 4.69) is 36.9 Å². The van der Waals surface area contributed by atoms with Crippen molar-refractivity contribution in [3.63, 3.8) is 0 Å². The van der Waals surface area contributed by atoms with Crippen molar-refractivity contribution >= 4 is 33.0 Å². The summed E-state index contributed by atoms with van der Waals surface area (Å²) >= 11 is 1.22. The first kappa shape index (κ1) is 24.0. The fourth-order valence-corrected chi connectivity index (χ4v) is 7.89. The van der Waals surface area contributed by atoms with E-state index in [4.69, 9.17) is 0 Å². The van der Waals surface area contributed by atoms with Crippen molar-refractivity contribution in [1.29, 1.82) is 0 Å². The number of anilines is 1. The Bertz CT molecular complexity index is 1280. The van der Waals surface area contributed by atoms with Crippen molar-refractivity contribution in [2.24, 2.45) is 5.92 Å². The van der Waals surface area contributed by atoms with Crippen LogP contribution in [0.2, 0.25) is 0 Å². The van der Waals surface area contributed by atoms with Gasteiger partial charge in [0.05, 0.1) is 5.92 Å². The van der Waals surface area contributed by atoms with Gasteiger partial charge in [0.2, 0.25) is 5.91 Å². The predicted octanol–water partition coefficient (Wildman–Crippen LogP) is 4.12. The molecule has 2 saturated heterocycles. The molecule has 0 spiro atoms. The first-order valence-electron chi connectivity index (χ1n) is 12.0. The number of hydrogen-bond acceptors (Lipinski definition) is 5. The third-order valence-corrected chi connectivity index (χ3v) is 10.4. The van der Waals surface area contributed by atoms with Gasteiger partial charge in [0.25, 0.3) is 10.0 Å². The van der Waals surface area contributed by atoms with Gasteiger partial charge in [0.15, 0.2) is 0 Å². The number of carbonyl (C=O) groups excluding carboxylic acids is 1. The number of thiophene rings is 1. The summed E-state index contributed by atoms with van der Waals surface area (Å²) in [6.07, 6.45) is 0. The molecule has 2 aliphatic rings. The molecule has 184 valence electrons. The van der Waals surface area contributed by atoms with Crippen LogP contribution in [0.1, 0.15) is 22.6 Å². The average molecular weight is 510 g/mol. The van der Waals surface area contributed by atoms with Gasteiger partial charge in [-0.15, -0.1) is 11.3 Å². The molecule has 0 N–H and O–H groups in total. The number of sulfonamides is 1. The maximum atomic E-state index is 13.8. The summed E-state index contributed by atoms with van der Waals surface area (Å²) in [5.41, 5.74) is 4.72. The first-order chi connectivity index (χ1) is 16.8. The average Bonchev–Trinajstić information content (AvgIpc) is 3.57. The lowest BCUT2D eigenvalue weighted by atomic mass is 9.88. The van der Waals surface area contributed by atoms with E-state index >= 15 is 0 Å². The molecule has 0 aliphatic carbocycles. The predicted molar refractivity (Wildman–Crippen MR) is 140 cm³/mol. The maximum Gasteiger partial charge on any atom is 0.252 e. The van der Waals surface area contributed by atoms with E-state index in [0.717, 1.165) is 18.7 Å². The second-order valence-electron chi connectivity index (χ2n) is 9.48. The first-order valence-corrected chi connectivity index (χ1v) is 14.4. The van der Waals surface area contributed by atoms with Crippen LogP contribution in [0.25, 0.3) is 0 Å². The van der Waals surface area contributed by atoms with E-state index in [1.165, 1.54) is 32.5 Å². The highest BCUT2D eigenvalue weighted by Gasteiger charge is 2.45. The van der Waals surface area contributed by atoms with Crippen LogP contribution in [-0.2, 0) is 14.8 Å². The summed E-state index contributed by atoms with van der Waals surface area (Å²) in [6.45, 7) is 7.59. The van der Waals surface area contributed by atoms with Gasteiger partial charge < -0.3 is 9.80 Å². The minimum Gasteiger partial charge on any atom is -0.368 e. The Hall–Kier alpha value is -2.68. The number of hydrogen-bond donors (Lipinski definition) is 0. The van der Waals surface area contributed by atoms with Crippen LogP contribution in [-0.4, -0.2) is 62.8 Å². The quantitative estimate of drug-likeness (QED) is 0.519. The molecule has 35 heavy (non-hydrogen) atoms. The number of carbonyl (C=O) groups is 1. The highest BCUT2D eigenvalue weighted by atomic mass is 32.2. The van der Waals surface area contributed by atoms with Gasteiger partial charge in [-0.1, -0.05) is 48.5 Å². The Morgan fingerprint density at radius 1 is 0.914 bits per heavy atom. The number of benzene rings is 2. The summed E-state index contributed by atoms with van der Waals surface area (Å²) in [5, 5.41) is 1.77. The molecular formula is C27H31N3O3S2. The fourth-order valence-electron chi connectivity index (χ4n) is 5.25. The molecule has 6 nitrogen and oxygen atoms in total. The van der Waals surface area contributed by atoms with Crippen LogP contribution in [0.15, 0.2) is 70.3 Å². The smallest absolute Gasteiger partial charge is 0.252 e. The minimum atomic E-state index is -3.61. The van der Waals surface area contributed by atoms with Gasteiger partial charge in [-0.05, 0) is 48.1 Å². The zero-order chi connectivity index (χ0) is 24.6. The normalized spacial score (nSPS) is 21.4. The van der Waals surface area contributed by atoms with Crippen LogP contribution in [0.5, 0.6) is 0 Å². The van der Waals surface area contributed by atoms with Gasteiger partial charge in [-0.2, -0.15) is 4.31 Å². The molecule has 2 atom stereocenters. The largest absolute Gasteiger partial charge is 0.368 e. The highest BCUT2D eigenvalue weighted by molar-refractivity contribution is 7.91. The van der Waals surface area contributed by atoms with E-state index in [1.807, 2.05) is 35.2 Å². The molecule has 0 unspecified atom stereocenters. The SMILES string of the molecule is Cc1ccc(C)c(N2CCN(C(=O)[C@@H]3CN(S(=O)(=O)c4cccs4)C[C@H]3c3ccccc3)CC2)c1. The molecular weight excluding hydrogens is 478 g/mol. The molecule has 2 aliphatic heterocycles. The standard InChI is InChI=1S/C27H31N3O3S2/c1-20-10-11-21(2)25(17-20)28-12-14-29(15-13-28)27(31)24-19-30(35(32,33)26-9-6-16-34-26)18-23(24)22-7-4-3-5-8-22/h3-11,16-17,23-24H,12-15,18-19H2,1-2H3/t23-,24+/m0/s1.